The van der Waals surface area contributed by atoms with Gasteiger partial charge in [-0.3, -0.25) is 9.59 Å². The van der Waals surface area contributed by atoms with Crippen LogP contribution < -0.4 is 16.2 Å². The van der Waals surface area contributed by atoms with Crippen LogP contribution in [0.2, 0.25) is 0 Å². The minimum atomic E-state index is -0.776. The molecule has 0 bridgehead atoms. The molecule has 1 aliphatic heterocycles. The Kier molecular flexibility index (Phi) is 4.09. The van der Waals surface area contributed by atoms with Crippen LogP contribution >= 0.6 is 0 Å². The molecule has 1 aromatic rings. The summed E-state index contributed by atoms with van der Waals surface area (Å²) in [6.45, 7) is 0.757. The summed E-state index contributed by atoms with van der Waals surface area (Å²) >= 11 is 0. The van der Waals surface area contributed by atoms with Crippen molar-refractivity contribution < 1.29 is 19.1 Å². The number of nitrogen functional groups attached to an aromatic ring is 1. The molecule has 1 atom stereocenters. The van der Waals surface area contributed by atoms with Crippen molar-refractivity contribution in [3.63, 3.8) is 0 Å². The summed E-state index contributed by atoms with van der Waals surface area (Å²) in [5, 5.41) is 0. The average Bonchev–Trinajstić information content (AvgIpc) is 2.46. The molecule has 1 saturated heterocycles. The number of amides is 2. The third-order valence-corrected chi connectivity index (χ3v) is 3.23. The molecule has 2 rings (SSSR count). The molecule has 1 aliphatic rings. The van der Waals surface area contributed by atoms with Crippen LogP contribution in [-0.2, 0) is 9.53 Å². The van der Waals surface area contributed by atoms with Crippen molar-refractivity contribution in [2.24, 2.45) is 5.73 Å². The first kappa shape index (κ1) is 14.1. The summed E-state index contributed by atoms with van der Waals surface area (Å²) in [4.78, 5) is 25.3. The topological polar surface area (TPSA) is 108 Å². The lowest BCUT2D eigenvalue weighted by atomic mass is 10.1. The molecule has 2 amide bonds. The highest BCUT2D eigenvalue weighted by Gasteiger charge is 2.32. The molecule has 1 unspecified atom stereocenters. The number of hydrogen-bond donors (Lipinski definition) is 2. The minimum absolute atomic E-state index is 0.102. The molecule has 1 heterocycles. The smallest absolute Gasteiger partial charge is 0.256 e. The third kappa shape index (κ3) is 2.53. The maximum Gasteiger partial charge on any atom is 0.256 e. The van der Waals surface area contributed by atoms with Crippen LogP contribution in [0.1, 0.15) is 10.4 Å². The number of benzene rings is 1. The number of morpholine rings is 1. The van der Waals surface area contributed by atoms with Crippen LogP contribution in [0, 0.1) is 0 Å². The van der Waals surface area contributed by atoms with E-state index in [9.17, 15) is 9.59 Å². The van der Waals surface area contributed by atoms with Gasteiger partial charge in [-0.25, -0.2) is 0 Å². The number of anilines is 1. The number of carbonyl (C=O) groups excluding carboxylic acids is 2. The van der Waals surface area contributed by atoms with E-state index < -0.39 is 11.9 Å². The first-order valence-corrected chi connectivity index (χ1v) is 6.16. The number of primary amides is 1. The predicted octanol–water partition coefficient (Wildman–Crippen LogP) is -0.396. The Bertz CT molecular complexity index is 532. The number of nitrogens with two attached hydrogens (primary N) is 2. The Morgan fingerprint density at radius 2 is 2.20 bits per heavy atom. The lowest BCUT2D eigenvalue weighted by molar-refractivity contribution is -0.127. The second-order valence-electron chi connectivity index (χ2n) is 4.41. The normalized spacial score (nSPS) is 18.6. The fourth-order valence-electron chi connectivity index (χ4n) is 2.15. The number of rotatable bonds is 3. The predicted molar refractivity (Wildman–Crippen MR) is 72.2 cm³/mol. The van der Waals surface area contributed by atoms with Crippen molar-refractivity contribution in [3.8, 4) is 5.75 Å². The molecule has 0 radical (unpaired) electrons. The van der Waals surface area contributed by atoms with Crippen LogP contribution in [0.25, 0.3) is 0 Å². The van der Waals surface area contributed by atoms with Crippen LogP contribution in [0.3, 0.4) is 0 Å². The van der Waals surface area contributed by atoms with Gasteiger partial charge in [-0.2, -0.15) is 0 Å². The molecule has 4 N–H and O–H groups in total. The lowest BCUT2D eigenvalue weighted by Gasteiger charge is -2.33. The van der Waals surface area contributed by atoms with Gasteiger partial charge in [-0.1, -0.05) is 6.07 Å². The zero-order valence-electron chi connectivity index (χ0n) is 11.2. The molecule has 1 fully saturated rings. The largest absolute Gasteiger partial charge is 0.495 e. The highest BCUT2D eigenvalue weighted by atomic mass is 16.5. The summed E-state index contributed by atoms with van der Waals surface area (Å²) in [6.07, 6.45) is 0. The molecule has 20 heavy (non-hydrogen) atoms. The first-order valence-electron chi connectivity index (χ1n) is 6.16. The Morgan fingerprint density at radius 1 is 1.45 bits per heavy atom. The number of carbonyl (C=O) groups is 2. The van der Waals surface area contributed by atoms with E-state index in [0.717, 1.165) is 0 Å². The Labute approximate surface area is 116 Å². The number of nitrogens with zero attached hydrogens (tertiary/aromatic N) is 1. The molecule has 0 spiro atoms. The van der Waals surface area contributed by atoms with Crippen molar-refractivity contribution in [1.82, 2.24) is 4.90 Å². The van der Waals surface area contributed by atoms with Gasteiger partial charge < -0.3 is 25.8 Å². The van der Waals surface area contributed by atoms with E-state index in [0.29, 0.717) is 18.9 Å². The third-order valence-electron chi connectivity index (χ3n) is 3.23. The van der Waals surface area contributed by atoms with Crippen LogP contribution in [-0.4, -0.2) is 49.6 Å². The van der Waals surface area contributed by atoms with Crippen molar-refractivity contribution in [2.45, 2.75) is 6.04 Å². The summed E-state index contributed by atoms with van der Waals surface area (Å²) in [6, 6.07) is 4.15. The van der Waals surface area contributed by atoms with Crippen LogP contribution in [0.15, 0.2) is 18.2 Å². The van der Waals surface area contributed by atoms with Crippen molar-refractivity contribution in [2.75, 3.05) is 32.6 Å². The molecule has 0 aromatic heterocycles. The lowest BCUT2D eigenvalue weighted by Crippen LogP contribution is -2.54. The quantitative estimate of drug-likeness (QED) is 0.732. The molecular formula is C13H17N3O4. The SMILES string of the molecule is COc1cccc(C(=O)N2CCOCC2C(N)=O)c1N. The second kappa shape index (κ2) is 5.79. The summed E-state index contributed by atoms with van der Waals surface area (Å²) in [7, 11) is 1.47. The molecule has 0 aliphatic carbocycles. The Balaban J connectivity index is 2.32. The minimum Gasteiger partial charge on any atom is -0.495 e. The van der Waals surface area contributed by atoms with E-state index in [1.807, 2.05) is 0 Å². The zero-order valence-corrected chi connectivity index (χ0v) is 11.2. The second-order valence-corrected chi connectivity index (χ2v) is 4.41. The van der Waals surface area contributed by atoms with Gasteiger partial charge in [0.2, 0.25) is 5.91 Å². The van der Waals surface area contributed by atoms with Crippen LogP contribution in [0.5, 0.6) is 5.75 Å². The van der Waals surface area contributed by atoms with Crippen molar-refractivity contribution in [1.29, 1.82) is 0 Å². The molecule has 108 valence electrons. The van der Waals surface area contributed by atoms with E-state index >= 15 is 0 Å². The molecular weight excluding hydrogens is 262 g/mol. The fraction of sp³-hybridized carbons (Fsp3) is 0.385. The average molecular weight is 279 g/mol. The van der Waals surface area contributed by atoms with Crippen LogP contribution in [0.4, 0.5) is 5.69 Å². The van der Waals surface area contributed by atoms with E-state index in [1.165, 1.54) is 12.0 Å². The highest BCUT2D eigenvalue weighted by molar-refractivity contribution is 6.02. The van der Waals surface area contributed by atoms with Gasteiger partial charge in [0.05, 0.1) is 31.6 Å². The van der Waals surface area contributed by atoms with Gasteiger partial charge in [0.15, 0.2) is 0 Å². The van der Waals surface area contributed by atoms with Gasteiger partial charge in [0.1, 0.15) is 11.8 Å². The monoisotopic (exact) mass is 279 g/mol. The van der Waals surface area contributed by atoms with Gasteiger partial charge in [0.25, 0.3) is 5.91 Å². The number of ether oxygens (including phenoxy) is 2. The summed E-state index contributed by atoms with van der Waals surface area (Å²) < 4.78 is 10.3. The van der Waals surface area contributed by atoms with E-state index in [-0.39, 0.29) is 23.8 Å². The molecule has 1 aromatic carbocycles. The standard InChI is InChI=1S/C13H17N3O4/c1-19-10-4-2-3-8(11(10)14)13(18)16-5-6-20-7-9(16)12(15)17/h2-4,9H,5-7,14H2,1H3,(H2,15,17). The summed E-state index contributed by atoms with van der Waals surface area (Å²) in [5.74, 6) is -0.534. The Morgan fingerprint density at radius 3 is 2.85 bits per heavy atom. The van der Waals surface area contributed by atoms with E-state index in [2.05, 4.69) is 0 Å². The number of para-hydroxylation sites is 1. The fourth-order valence-corrected chi connectivity index (χ4v) is 2.15. The van der Waals surface area contributed by atoms with Crippen molar-refractivity contribution >= 4 is 17.5 Å². The number of methoxy groups -OCH3 is 1. The maximum absolute atomic E-state index is 12.5. The Hall–Kier alpha value is -2.28. The van der Waals surface area contributed by atoms with E-state index in [1.54, 1.807) is 18.2 Å². The van der Waals surface area contributed by atoms with Gasteiger partial charge in [-0.15, -0.1) is 0 Å². The maximum atomic E-state index is 12.5. The van der Waals surface area contributed by atoms with Crippen molar-refractivity contribution in [3.05, 3.63) is 23.8 Å². The highest BCUT2D eigenvalue weighted by Crippen LogP contribution is 2.26. The zero-order chi connectivity index (χ0) is 14.7. The molecule has 0 saturated carbocycles. The van der Waals surface area contributed by atoms with Gasteiger partial charge >= 0.3 is 0 Å². The van der Waals surface area contributed by atoms with Gasteiger partial charge in [0, 0.05) is 6.54 Å². The molecule has 7 heteroatoms. The first-order chi connectivity index (χ1) is 9.56. The molecule has 7 nitrogen and oxygen atoms in total. The van der Waals surface area contributed by atoms with E-state index in [4.69, 9.17) is 20.9 Å². The van der Waals surface area contributed by atoms with Gasteiger partial charge in [-0.05, 0) is 12.1 Å². The summed E-state index contributed by atoms with van der Waals surface area (Å²) in [5.41, 5.74) is 11.7. The number of hydrogen-bond acceptors (Lipinski definition) is 5.